The maximum absolute atomic E-state index is 12.0. The van der Waals surface area contributed by atoms with Gasteiger partial charge in [-0.15, -0.1) is 0 Å². The fraction of sp³-hybridized carbons (Fsp3) is 0.118. The van der Waals surface area contributed by atoms with Crippen LogP contribution in [0.4, 0.5) is 0 Å². The van der Waals surface area contributed by atoms with Gasteiger partial charge < -0.3 is 9.63 Å². The van der Waals surface area contributed by atoms with Crippen molar-refractivity contribution in [2.75, 3.05) is 0 Å². The van der Waals surface area contributed by atoms with Gasteiger partial charge in [-0.3, -0.25) is 0 Å². The maximum Gasteiger partial charge on any atom is 0.285 e. The lowest BCUT2D eigenvalue weighted by molar-refractivity contribution is -0.568. The van der Waals surface area contributed by atoms with Gasteiger partial charge in [0.15, 0.2) is 5.95 Å². The fourth-order valence-electron chi connectivity index (χ4n) is 2.67. The first-order valence-corrected chi connectivity index (χ1v) is 7.13. The molecule has 4 rings (SSSR count). The molecule has 0 bridgehead atoms. The highest BCUT2D eigenvalue weighted by atomic mass is 16.6. The van der Waals surface area contributed by atoms with Crippen LogP contribution in [0.1, 0.15) is 11.3 Å². The van der Waals surface area contributed by atoms with Crippen LogP contribution < -0.4 is 9.62 Å². The number of rotatable bonds is 3. The van der Waals surface area contributed by atoms with Crippen LogP contribution in [0, 0.1) is 0 Å². The predicted molar refractivity (Wildman–Crippen MR) is 78.3 cm³/mol. The highest BCUT2D eigenvalue weighted by Crippen LogP contribution is 2.19. The van der Waals surface area contributed by atoms with E-state index < -0.39 is 5.95 Å². The van der Waals surface area contributed by atoms with Crippen molar-refractivity contribution >= 4 is 16.6 Å². The first-order chi connectivity index (χ1) is 10.8. The summed E-state index contributed by atoms with van der Waals surface area (Å²) in [6.45, 7) is 0. The van der Waals surface area contributed by atoms with Crippen molar-refractivity contribution < 1.29 is 14.1 Å². The van der Waals surface area contributed by atoms with E-state index in [1.54, 1.807) is 4.52 Å². The number of nitrogens with zero attached hydrogens (tertiary/aromatic N) is 3. The summed E-state index contributed by atoms with van der Waals surface area (Å²) in [5.41, 5.74) is 3.92. The Morgan fingerprint density at radius 2 is 1.73 bits per heavy atom. The monoisotopic (exact) mass is 291 g/mol. The van der Waals surface area contributed by atoms with Crippen molar-refractivity contribution in [2.24, 2.45) is 0 Å². The molecule has 22 heavy (non-hydrogen) atoms. The first kappa shape index (κ1) is 12.8. The van der Waals surface area contributed by atoms with Crippen LogP contribution in [0.2, 0.25) is 0 Å². The Hall–Kier alpha value is -2.95. The highest BCUT2D eigenvalue weighted by Gasteiger charge is 2.20. The third kappa shape index (κ3) is 2.07. The number of hydrogen-bond acceptors (Lipinski definition) is 4. The molecule has 5 nitrogen and oxygen atoms in total. The Balaban J connectivity index is 1.83. The van der Waals surface area contributed by atoms with E-state index in [4.69, 9.17) is 4.52 Å². The fourth-order valence-corrected chi connectivity index (χ4v) is 2.67. The van der Waals surface area contributed by atoms with Crippen molar-refractivity contribution in [1.29, 1.82) is 0 Å². The molecule has 0 aliphatic carbocycles. The minimum atomic E-state index is -0.443. The van der Waals surface area contributed by atoms with Crippen LogP contribution in [0.15, 0.2) is 59.1 Å². The van der Waals surface area contributed by atoms with Gasteiger partial charge in [-0.1, -0.05) is 42.5 Å². The van der Waals surface area contributed by atoms with Gasteiger partial charge in [0.25, 0.3) is 11.0 Å². The summed E-state index contributed by atoms with van der Waals surface area (Å²) in [7, 11) is 0. The molecule has 0 radical (unpaired) electrons. The van der Waals surface area contributed by atoms with Crippen LogP contribution in [0.3, 0.4) is 0 Å². The summed E-state index contributed by atoms with van der Waals surface area (Å²) in [5.74, 6) is -0.443. The zero-order chi connectivity index (χ0) is 14.9. The largest absolute Gasteiger partial charge is 0.539 e. The topological polar surface area (TPSA) is 66.1 Å². The predicted octanol–water partition coefficient (Wildman–Crippen LogP) is 1.82. The van der Waals surface area contributed by atoms with Crippen LogP contribution in [0.25, 0.3) is 16.6 Å². The molecule has 5 heteroatoms. The summed E-state index contributed by atoms with van der Waals surface area (Å²) in [4.78, 5) is 4.63. The first-order valence-electron chi connectivity index (χ1n) is 7.13. The van der Waals surface area contributed by atoms with Gasteiger partial charge in [0, 0.05) is 12.5 Å². The second kappa shape index (κ2) is 5.11. The summed E-state index contributed by atoms with van der Waals surface area (Å²) in [6.07, 6.45) is 1.47. The van der Waals surface area contributed by atoms with E-state index in [2.05, 4.69) is 22.4 Å². The summed E-state index contributed by atoms with van der Waals surface area (Å²) in [6, 6.07) is 17.7. The third-order valence-electron chi connectivity index (χ3n) is 3.74. The summed E-state index contributed by atoms with van der Waals surface area (Å²) >= 11 is 0. The lowest BCUT2D eigenvalue weighted by Crippen LogP contribution is -2.26. The minimum absolute atomic E-state index is 0.426. The SMILES string of the molecule is [O-]c1on[n+]2c1c(CCc1ccccc1)nc1ccccc12. The Kier molecular flexibility index (Phi) is 2.96. The number of para-hydroxylation sites is 2. The third-order valence-corrected chi connectivity index (χ3v) is 3.74. The molecule has 0 aliphatic rings. The maximum atomic E-state index is 12.0. The van der Waals surface area contributed by atoms with Gasteiger partial charge in [-0.25, -0.2) is 4.98 Å². The van der Waals surface area contributed by atoms with E-state index in [1.165, 1.54) is 5.56 Å². The molecule has 0 fully saturated rings. The zero-order valence-electron chi connectivity index (χ0n) is 11.8. The van der Waals surface area contributed by atoms with Gasteiger partial charge in [0.05, 0.1) is 5.27 Å². The molecule has 0 atom stereocenters. The molecule has 2 aromatic carbocycles. The number of aromatic nitrogens is 3. The van der Waals surface area contributed by atoms with E-state index >= 15 is 0 Å². The lowest BCUT2D eigenvalue weighted by atomic mass is 10.1. The molecule has 0 aliphatic heterocycles. The Bertz CT molecular complexity index is 948. The molecule has 0 N–H and O–H groups in total. The van der Waals surface area contributed by atoms with Crippen molar-refractivity contribution in [1.82, 2.24) is 10.3 Å². The van der Waals surface area contributed by atoms with Crippen molar-refractivity contribution in [2.45, 2.75) is 12.8 Å². The van der Waals surface area contributed by atoms with Gasteiger partial charge in [-0.05, 0) is 22.6 Å². The molecule has 0 saturated heterocycles. The molecule has 2 heterocycles. The van der Waals surface area contributed by atoms with E-state index in [-0.39, 0.29) is 0 Å². The minimum Gasteiger partial charge on any atom is -0.539 e. The van der Waals surface area contributed by atoms with Gasteiger partial charge in [-0.2, -0.15) is 0 Å². The van der Waals surface area contributed by atoms with Crippen LogP contribution >= 0.6 is 0 Å². The molecular formula is C17H13N3O2. The van der Waals surface area contributed by atoms with Crippen molar-refractivity contribution in [3.63, 3.8) is 0 Å². The quantitative estimate of drug-likeness (QED) is 0.540. The second-order valence-corrected chi connectivity index (χ2v) is 5.15. The average Bonchev–Trinajstić information content (AvgIpc) is 2.96. The van der Waals surface area contributed by atoms with Gasteiger partial charge in [0.1, 0.15) is 11.2 Å². The van der Waals surface area contributed by atoms with E-state index in [0.29, 0.717) is 17.6 Å². The molecule has 0 saturated carbocycles. The average molecular weight is 291 g/mol. The Morgan fingerprint density at radius 3 is 2.59 bits per heavy atom. The summed E-state index contributed by atoms with van der Waals surface area (Å²) < 4.78 is 6.38. The Morgan fingerprint density at radius 1 is 0.955 bits per heavy atom. The summed E-state index contributed by atoms with van der Waals surface area (Å²) in [5, 5.41) is 15.8. The molecule has 4 aromatic rings. The molecule has 0 amide bonds. The second-order valence-electron chi connectivity index (χ2n) is 5.15. The molecule has 108 valence electrons. The lowest BCUT2D eigenvalue weighted by Gasteiger charge is -2.02. The smallest absolute Gasteiger partial charge is 0.285 e. The van der Waals surface area contributed by atoms with E-state index in [0.717, 1.165) is 17.5 Å². The molecule has 0 unspecified atom stereocenters. The Labute approximate surface area is 126 Å². The highest BCUT2D eigenvalue weighted by molar-refractivity contribution is 5.73. The normalized spacial score (nSPS) is 11.3. The van der Waals surface area contributed by atoms with E-state index in [1.807, 2.05) is 42.5 Å². The number of benzene rings is 2. The molecular weight excluding hydrogens is 278 g/mol. The zero-order valence-corrected chi connectivity index (χ0v) is 11.8. The van der Waals surface area contributed by atoms with Crippen LogP contribution in [-0.4, -0.2) is 10.3 Å². The van der Waals surface area contributed by atoms with Crippen LogP contribution in [-0.2, 0) is 12.8 Å². The van der Waals surface area contributed by atoms with E-state index in [9.17, 15) is 5.11 Å². The van der Waals surface area contributed by atoms with Crippen molar-refractivity contribution in [3.8, 4) is 5.95 Å². The number of fused-ring (bicyclic) bond motifs is 3. The number of hydrogen-bond donors (Lipinski definition) is 0. The van der Waals surface area contributed by atoms with Gasteiger partial charge in [0.2, 0.25) is 0 Å². The van der Waals surface area contributed by atoms with Crippen LogP contribution in [0.5, 0.6) is 5.95 Å². The molecule has 0 spiro atoms. The molecule has 2 aromatic heterocycles. The number of aryl methyl sites for hydroxylation is 2. The van der Waals surface area contributed by atoms with Crippen molar-refractivity contribution in [3.05, 3.63) is 65.9 Å². The standard InChI is InChI=1S/C17H13N3O2/c21-17-16-14(11-10-12-6-2-1-3-7-12)18-13-8-4-5-9-15(13)20(16)19-22-17/h1-9H,10-11H2. The van der Waals surface area contributed by atoms with Gasteiger partial charge >= 0.3 is 0 Å².